The lowest BCUT2D eigenvalue weighted by molar-refractivity contribution is -0.135. The van der Waals surface area contributed by atoms with Crippen molar-refractivity contribution in [1.82, 2.24) is 10.9 Å². The maximum atomic E-state index is 12.3. The van der Waals surface area contributed by atoms with Gasteiger partial charge in [0.05, 0.1) is 14.2 Å². The van der Waals surface area contributed by atoms with Crippen LogP contribution in [0.4, 0.5) is 0 Å². The van der Waals surface area contributed by atoms with Crippen LogP contribution in [0.1, 0.15) is 10.4 Å². The van der Waals surface area contributed by atoms with Gasteiger partial charge in [-0.2, -0.15) is 0 Å². The molecule has 0 radical (unpaired) electrons. The van der Waals surface area contributed by atoms with Crippen molar-refractivity contribution in [2.24, 2.45) is 0 Å². The molecule has 1 aliphatic rings. The number of fused-ring (bicyclic) bond motifs is 1. The Morgan fingerprint density at radius 1 is 0.967 bits per heavy atom. The van der Waals surface area contributed by atoms with Gasteiger partial charge in [-0.05, 0) is 24.3 Å². The lowest BCUT2D eigenvalue weighted by atomic mass is 10.2. The number of para-hydroxylation sites is 2. The Labute approximate surface area is 172 Å². The number of ether oxygens (including phenoxy) is 5. The first-order chi connectivity index (χ1) is 14.5. The van der Waals surface area contributed by atoms with Crippen molar-refractivity contribution in [3.63, 3.8) is 0 Å². The van der Waals surface area contributed by atoms with E-state index in [-0.39, 0.29) is 23.7 Å². The van der Waals surface area contributed by atoms with Crippen molar-refractivity contribution in [3.8, 4) is 23.0 Å². The van der Waals surface area contributed by atoms with Crippen molar-refractivity contribution >= 4 is 17.8 Å². The Hall–Kier alpha value is -3.95. The molecule has 1 atom stereocenters. The van der Waals surface area contributed by atoms with Crippen LogP contribution in [0, 0.1) is 0 Å². The van der Waals surface area contributed by atoms with E-state index in [1.54, 1.807) is 42.5 Å². The Kier molecular flexibility index (Phi) is 6.58. The van der Waals surface area contributed by atoms with E-state index in [0.717, 1.165) is 0 Å². The molecule has 2 aromatic carbocycles. The van der Waals surface area contributed by atoms with E-state index < -0.39 is 30.5 Å². The zero-order valence-corrected chi connectivity index (χ0v) is 16.3. The van der Waals surface area contributed by atoms with Crippen LogP contribution in [-0.2, 0) is 14.3 Å². The second kappa shape index (κ2) is 9.50. The predicted octanol–water partition coefficient (Wildman–Crippen LogP) is 0.848. The van der Waals surface area contributed by atoms with E-state index in [0.29, 0.717) is 11.5 Å². The van der Waals surface area contributed by atoms with Gasteiger partial charge in [-0.15, -0.1) is 0 Å². The summed E-state index contributed by atoms with van der Waals surface area (Å²) < 4.78 is 26.2. The summed E-state index contributed by atoms with van der Waals surface area (Å²) in [7, 11) is 2.78. The third kappa shape index (κ3) is 4.72. The van der Waals surface area contributed by atoms with E-state index in [2.05, 4.69) is 10.9 Å². The van der Waals surface area contributed by atoms with Gasteiger partial charge in [0.25, 0.3) is 11.8 Å². The fraction of sp³-hybridized carbons (Fsp3) is 0.250. The molecule has 0 unspecified atom stereocenters. The summed E-state index contributed by atoms with van der Waals surface area (Å²) in [5.74, 6) is -0.741. The quantitative estimate of drug-likeness (QED) is 0.525. The molecule has 0 aliphatic carbocycles. The van der Waals surface area contributed by atoms with Crippen molar-refractivity contribution in [2.45, 2.75) is 6.10 Å². The number of methoxy groups -OCH3 is 2. The van der Waals surface area contributed by atoms with Crippen LogP contribution in [0.2, 0.25) is 0 Å². The van der Waals surface area contributed by atoms with Gasteiger partial charge < -0.3 is 23.7 Å². The van der Waals surface area contributed by atoms with E-state index >= 15 is 0 Å². The second-order valence-corrected chi connectivity index (χ2v) is 6.02. The molecule has 2 amide bonds. The first-order valence-electron chi connectivity index (χ1n) is 8.88. The zero-order valence-electron chi connectivity index (χ0n) is 16.3. The van der Waals surface area contributed by atoms with E-state index in [9.17, 15) is 14.4 Å². The molecule has 10 heteroatoms. The van der Waals surface area contributed by atoms with Crippen LogP contribution >= 0.6 is 0 Å². The average Bonchev–Trinajstić information content (AvgIpc) is 2.79. The molecule has 0 spiro atoms. The molecule has 2 aromatic rings. The number of esters is 1. The van der Waals surface area contributed by atoms with Crippen LogP contribution in [0.5, 0.6) is 23.0 Å². The Morgan fingerprint density at radius 2 is 1.63 bits per heavy atom. The van der Waals surface area contributed by atoms with Gasteiger partial charge in [0, 0.05) is 0 Å². The summed E-state index contributed by atoms with van der Waals surface area (Å²) in [4.78, 5) is 36.4. The molecule has 0 aromatic heterocycles. The molecule has 0 bridgehead atoms. The molecule has 10 nitrogen and oxygen atoms in total. The van der Waals surface area contributed by atoms with Gasteiger partial charge in [-0.3, -0.25) is 20.4 Å². The van der Waals surface area contributed by atoms with Gasteiger partial charge in [-0.25, -0.2) is 4.79 Å². The third-order valence-electron chi connectivity index (χ3n) is 4.09. The lowest BCUT2D eigenvalue weighted by Crippen LogP contribution is -2.51. The average molecular weight is 416 g/mol. The van der Waals surface area contributed by atoms with E-state index in [1.165, 1.54) is 14.2 Å². The lowest BCUT2D eigenvalue weighted by Gasteiger charge is -2.25. The van der Waals surface area contributed by atoms with Crippen LogP contribution in [0.15, 0.2) is 42.5 Å². The third-order valence-corrected chi connectivity index (χ3v) is 4.09. The molecule has 158 valence electrons. The highest BCUT2D eigenvalue weighted by Gasteiger charge is 2.27. The highest BCUT2D eigenvalue weighted by atomic mass is 16.6. The SMILES string of the molecule is COc1cccc(OC)c1C(=O)OCC(=O)NNC(=O)[C@@H]1COc2ccccc2O1. The molecule has 2 N–H and O–H groups in total. The molecule has 3 rings (SSSR count). The number of hydrazine groups is 1. The monoisotopic (exact) mass is 416 g/mol. The maximum Gasteiger partial charge on any atom is 0.346 e. The predicted molar refractivity (Wildman–Crippen MR) is 102 cm³/mol. The second-order valence-electron chi connectivity index (χ2n) is 6.02. The van der Waals surface area contributed by atoms with Gasteiger partial charge >= 0.3 is 5.97 Å². The molecule has 0 saturated heterocycles. The highest BCUT2D eigenvalue weighted by Crippen LogP contribution is 2.31. The largest absolute Gasteiger partial charge is 0.496 e. The molecule has 30 heavy (non-hydrogen) atoms. The summed E-state index contributed by atoms with van der Waals surface area (Å²) in [6.07, 6.45) is -0.944. The first kappa shape index (κ1) is 20.8. The van der Waals surface area contributed by atoms with Crippen LogP contribution in [0.25, 0.3) is 0 Å². The van der Waals surface area contributed by atoms with Crippen LogP contribution < -0.4 is 29.8 Å². The normalized spacial score (nSPS) is 14.3. The number of nitrogens with one attached hydrogen (secondary N) is 2. The summed E-state index contributed by atoms with van der Waals surface area (Å²) >= 11 is 0. The summed E-state index contributed by atoms with van der Waals surface area (Å²) in [5, 5.41) is 0. The summed E-state index contributed by atoms with van der Waals surface area (Å²) in [6.45, 7) is -0.646. The minimum atomic E-state index is -0.944. The van der Waals surface area contributed by atoms with Crippen molar-refractivity contribution in [1.29, 1.82) is 0 Å². The summed E-state index contributed by atoms with van der Waals surface area (Å²) in [5.41, 5.74) is 4.41. The van der Waals surface area contributed by atoms with E-state index in [1.807, 2.05) is 0 Å². The number of benzene rings is 2. The molecule has 0 fully saturated rings. The number of carbonyl (C=O) groups excluding carboxylic acids is 3. The fourth-order valence-corrected chi connectivity index (χ4v) is 2.65. The van der Waals surface area contributed by atoms with Crippen molar-refractivity contribution in [3.05, 3.63) is 48.0 Å². The van der Waals surface area contributed by atoms with Crippen LogP contribution in [-0.4, -0.2) is 51.3 Å². The Morgan fingerprint density at radius 3 is 2.30 bits per heavy atom. The highest BCUT2D eigenvalue weighted by molar-refractivity contribution is 5.97. The standard InChI is InChI=1S/C20H20N2O8/c1-26-14-8-5-9-15(27-2)18(14)20(25)29-11-17(23)21-22-19(24)16-10-28-12-6-3-4-7-13(12)30-16/h3-9,16H,10-11H2,1-2H3,(H,21,23)(H,22,24)/t16-/m0/s1. The van der Waals surface area contributed by atoms with Gasteiger partial charge in [-0.1, -0.05) is 18.2 Å². The molecule has 1 heterocycles. The Balaban J connectivity index is 1.49. The van der Waals surface area contributed by atoms with Crippen LogP contribution in [0.3, 0.4) is 0 Å². The molecular formula is C20H20N2O8. The van der Waals surface area contributed by atoms with Crippen molar-refractivity contribution < 1.29 is 38.1 Å². The first-order valence-corrected chi connectivity index (χ1v) is 8.88. The van der Waals surface area contributed by atoms with Gasteiger partial charge in [0.15, 0.2) is 18.1 Å². The molecule has 0 saturated carbocycles. The summed E-state index contributed by atoms with van der Waals surface area (Å²) in [6, 6.07) is 11.7. The molecule has 1 aliphatic heterocycles. The maximum absolute atomic E-state index is 12.3. The molecular weight excluding hydrogens is 396 g/mol. The number of hydrogen-bond donors (Lipinski definition) is 2. The topological polar surface area (TPSA) is 121 Å². The van der Waals surface area contributed by atoms with E-state index in [4.69, 9.17) is 23.7 Å². The number of amides is 2. The Bertz CT molecular complexity index is 924. The van der Waals surface area contributed by atoms with Gasteiger partial charge in [0.2, 0.25) is 6.10 Å². The number of rotatable bonds is 6. The smallest absolute Gasteiger partial charge is 0.346 e. The number of carbonyl (C=O) groups is 3. The fourth-order valence-electron chi connectivity index (χ4n) is 2.65. The zero-order chi connectivity index (χ0) is 21.5. The number of hydrogen-bond acceptors (Lipinski definition) is 8. The van der Waals surface area contributed by atoms with Crippen molar-refractivity contribution in [2.75, 3.05) is 27.4 Å². The minimum absolute atomic E-state index is 0.0126. The minimum Gasteiger partial charge on any atom is -0.496 e. The van der Waals surface area contributed by atoms with Gasteiger partial charge in [0.1, 0.15) is 23.7 Å².